The number of amides is 3. The van der Waals surface area contributed by atoms with Crippen molar-refractivity contribution in [3.05, 3.63) is 0 Å². The van der Waals surface area contributed by atoms with E-state index in [9.17, 15) is 34.2 Å². The number of aliphatic hydroxyl groups excluding tert-OH is 1. The molecule has 3 amide bonds. The summed E-state index contributed by atoms with van der Waals surface area (Å²) in [4.78, 5) is 68.6. The number of hydrogen-bond acceptors (Lipinski definition) is 9. The lowest BCUT2D eigenvalue weighted by atomic mass is 10.1. The first kappa shape index (κ1) is 34.8. The molecule has 5 atom stereocenters. The predicted molar refractivity (Wildman–Crippen MR) is 140 cm³/mol. The Labute approximate surface area is 224 Å². The highest BCUT2D eigenvalue weighted by Gasteiger charge is 2.31. The third-order valence-electron chi connectivity index (χ3n) is 5.24. The van der Waals surface area contributed by atoms with Gasteiger partial charge in [0.1, 0.15) is 24.2 Å². The molecule has 0 spiro atoms. The Morgan fingerprint density at radius 2 is 1.13 bits per heavy atom. The molecule has 39 heavy (non-hydrogen) atoms. The van der Waals surface area contributed by atoms with Gasteiger partial charge < -0.3 is 59.9 Å². The number of carboxylic acids is 2. The van der Waals surface area contributed by atoms with Gasteiger partial charge in [-0.05, 0) is 39.0 Å². The molecule has 0 radical (unpaired) electrons. The molecule has 222 valence electrons. The summed E-state index contributed by atoms with van der Waals surface area (Å²) in [6.07, 6.45) is -1.80. The minimum absolute atomic E-state index is 0.0172. The van der Waals surface area contributed by atoms with Crippen molar-refractivity contribution >= 4 is 41.6 Å². The number of guanidine groups is 2. The molecule has 0 saturated carbocycles. The van der Waals surface area contributed by atoms with Crippen molar-refractivity contribution in [1.29, 1.82) is 0 Å². The van der Waals surface area contributed by atoms with Gasteiger partial charge in [0.05, 0.1) is 6.10 Å². The van der Waals surface area contributed by atoms with Crippen molar-refractivity contribution in [1.82, 2.24) is 16.0 Å². The Balaban J connectivity index is 5.67. The zero-order valence-corrected chi connectivity index (χ0v) is 21.7. The van der Waals surface area contributed by atoms with Crippen LogP contribution in [0.4, 0.5) is 0 Å². The molecule has 18 heteroatoms. The van der Waals surface area contributed by atoms with Crippen LogP contribution in [-0.4, -0.2) is 100 Å². The van der Waals surface area contributed by atoms with E-state index in [4.69, 9.17) is 33.8 Å². The van der Waals surface area contributed by atoms with Gasteiger partial charge in [0.25, 0.3) is 0 Å². The third-order valence-corrected chi connectivity index (χ3v) is 5.24. The Hall–Kier alpha value is -4.19. The molecule has 0 saturated heterocycles. The van der Waals surface area contributed by atoms with Crippen LogP contribution >= 0.6 is 0 Å². The van der Waals surface area contributed by atoms with E-state index in [1.807, 2.05) is 0 Å². The number of aliphatic imine (C=N–C) groups is 2. The number of nitrogens with zero attached hydrogens (tertiary/aromatic N) is 2. The molecule has 0 aromatic rings. The Kier molecular flexibility index (Phi) is 16.2. The number of nitrogens with two attached hydrogens (primary N) is 5. The van der Waals surface area contributed by atoms with E-state index in [2.05, 4.69) is 25.9 Å². The van der Waals surface area contributed by atoms with Gasteiger partial charge >= 0.3 is 11.9 Å². The van der Waals surface area contributed by atoms with Crippen molar-refractivity contribution in [2.45, 2.75) is 75.7 Å². The lowest BCUT2D eigenvalue weighted by Crippen LogP contribution is -2.58. The third kappa shape index (κ3) is 15.6. The van der Waals surface area contributed by atoms with Crippen LogP contribution < -0.4 is 44.6 Å². The second-order valence-electron chi connectivity index (χ2n) is 8.62. The summed E-state index contributed by atoms with van der Waals surface area (Å²) >= 11 is 0. The number of rotatable bonds is 19. The first-order valence-corrected chi connectivity index (χ1v) is 12.1. The van der Waals surface area contributed by atoms with Crippen molar-refractivity contribution in [3.63, 3.8) is 0 Å². The molecule has 0 aromatic heterocycles. The Morgan fingerprint density at radius 3 is 1.54 bits per heavy atom. The zero-order valence-electron chi connectivity index (χ0n) is 21.7. The zero-order chi connectivity index (χ0) is 30.1. The van der Waals surface area contributed by atoms with Gasteiger partial charge in [-0.25, -0.2) is 4.79 Å². The molecular formula is C21H40N10O8. The van der Waals surface area contributed by atoms with Gasteiger partial charge in [-0.15, -0.1) is 0 Å². The molecule has 18 nitrogen and oxygen atoms in total. The molecular weight excluding hydrogens is 520 g/mol. The Bertz CT molecular complexity index is 903. The highest BCUT2D eigenvalue weighted by Crippen LogP contribution is 2.06. The second-order valence-corrected chi connectivity index (χ2v) is 8.62. The van der Waals surface area contributed by atoms with Gasteiger partial charge in [0, 0.05) is 19.5 Å². The van der Waals surface area contributed by atoms with Crippen molar-refractivity contribution < 1.29 is 39.3 Å². The van der Waals surface area contributed by atoms with Gasteiger partial charge in [-0.2, -0.15) is 0 Å². The average molecular weight is 561 g/mol. The van der Waals surface area contributed by atoms with Crippen LogP contribution in [0.3, 0.4) is 0 Å². The van der Waals surface area contributed by atoms with E-state index in [1.165, 1.54) is 6.92 Å². The fraction of sp³-hybridized carbons (Fsp3) is 0.667. The molecule has 0 aliphatic carbocycles. The molecule has 0 aromatic carbocycles. The summed E-state index contributed by atoms with van der Waals surface area (Å²) in [5, 5.41) is 35.1. The van der Waals surface area contributed by atoms with E-state index in [1.54, 1.807) is 0 Å². The minimum atomic E-state index is -1.46. The first-order valence-electron chi connectivity index (χ1n) is 12.1. The standard InChI is InChI=1S/C21H40N10O8/c1-10(32)15(22)18(37)30-11(4-2-8-27-20(23)24)16(35)29-12(6-7-14(33)34)17(36)31-13(19(38)39)5-3-9-28-21(25)26/h10-13,15,32H,2-9,22H2,1H3,(H,29,35)(H,30,37)(H,31,36)(H,33,34)(H,38,39)(H4,23,24,27)(H4,25,26,28). The number of nitrogens with one attached hydrogen (secondary N) is 3. The number of hydrogen-bond donors (Lipinski definition) is 11. The highest BCUT2D eigenvalue weighted by molar-refractivity contribution is 5.94. The fourth-order valence-corrected chi connectivity index (χ4v) is 3.10. The quantitative estimate of drug-likeness (QED) is 0.0401. The van der Waals surface area contributed by atoms with E-state index < -0.39 is 66.4 Å². The van der Waals surface area contributed by atoms with Crippen LogP contribution in [0.1, 0.15) is 45.4 Å². The van der Waals surface area contributed by atoms with Crippen LogP contribution in [0.25, 0.3) is 0 Å². The smallest absolute Gasteiger partial charge is 0.326 e. The SMILES string of the molecule is CC(O)C(N)C(=O)NC(CCCN=C(N)N)C(=O)NC(CCC(=O)O)C(=O)NC(CCCN=C(N)N)C(=O)O. The van der Waals surface area contributed by atoms with Crippen LogP contribution in [-0.2, 0) is 24.0 Å². The van der Waals surface area contributed by atoms with E-state index in [0.29, 0.717) is 0 Å². The van der Waals surface area contributed by atoms with Crippen LogP contribution in [0.2, 0.25) is 0 Å². The maximum atomic E-state index is 13.1. The summed E-state index contributed by atoms with van der Waals surface area (Å²) in [7, 11) is 0. The maximum absolute atomic E-state index is 13.1. The number of aliphatic carboxylic acids is 2. The van der Waals surface area contributed by atoms with Gasteiger partial charge in [0.2, 0.25) is 17.7 Å². The van der Waals surface area contributed by atoms with Crippen molar-refractivity contribution in [2.75, 3.05) is 13.1 Å². The summed E-state index contributed by atoms with van der Waals surface area (Å²) in [5.74, 6) is -5.69. The van der Waals surface area contributed by atoms with E-state index >= 15 is 0 Å². The van der Waals surface area contributed by atoms with Crippen molar-refractivity contribution in [3.8, 4) is 0 Å². The normalized spacial score (nSPS) is 14.4. The number of carbonyl (C=O) groups is 5. The highest BCUT2D eigenvalue weighted by atomic mass is 16.4. The molecule has 16 N–H and O–H groups in total. The first-order chi connectivity index (χ1) is 18.1. The van der Waals surface area contributed by atoms with Gasteiger partial charge in [-0.3, -0.25) is 29.2 Å². The van der Waals surface area contributed by atoms with Gasteiger partial charge in [-0.1, -0.05) is 0 Å². The fourth-order valence-electron chi connectivity index (χ4n) is 3.10. The topological polar surface area (TPSA) is 337 Å². The molecule has 0 heterocycles. The van der Waals surface area contributed by atoms with Crippen LogP contribution in [0.5, 0.6) is 0 Å². The average Bonchev–Trinajstić information content (AvgIpc) is 2.83. The summed E-state index contributed by atoms with van der Waals surface area (Å²) in [6, 6.07) is -5.48. The van der Waals surface area contributed by atoms with Gasteiger partial charge in [0.15, 0.2) is 11.9 Å². The minimum Gasteiger partial charge on any atom is -0.481 e. The molecule has 0 fully saturated rings. The monoisotopic (exact) mass is 560 g/mol. The number of aliphatic hydroxyl groups is 1. The largest absolute Gasteiger partial charge is 0.481 e. The van der Waals surface area contributed by atoms with E-state index in [-0.39, 0.29) is 57.1 Å². The molecule has 5 unspecified atom stereocenters. The molecule has 0 rings (SSSR count). The second kappa shape index (κ2) is 18.1. The van der Waals surface area contributed by atoms with Crippen LogP contribution in [0.15, 0.2) is 9.98 Å². The number of carboxylic acid groups (broad SMARTS) is 2. The molecule has 0 aliphatic heterocycles. The summed E-state index contributed by atoms with van der Waals surface area (Å²) in [6.45, 7) is 1.49. The lowest BCUT2D eigenvalue weighted by Gasteiger charge is -2.25. The number of carbonyl (C=O) groups excluding carboxylic acids is 3. The van der Waals surface area contributed by atoms with Crippen LogP contribution in [0, 0.1) is 0 Å². The summed E-state index contributed by atoms with van der Waals surface area (Å²) < 4.78 is 0. The Morgan fingerprint density at radius 1 is 0.718 bits per heavy atom. The maximum Gasteiger partial charge on any atom is 0.326 e. The van der Waals surface area contributed by atoms with Crippen molar-refractivity contribution in [2.24, 2.45) is 38.7 Å². The summed E-state index contributed by atoms with van der Waals surface area (Å²) in [5.41, 5.74) is 26.6. The predicted octanol–water partition coefficient (Wildman–Crippen LogP) is -4.79. The lowest BCUT2D eigenvalue weighted by molar-refractivity contribution is -0.143. The molecule has 0 aliphatic rings. The molecule has 0 bridgehead atoms. The van der Waals surface area contributed by atoms with E-state index in [0.717, 1.165) is 0 Å².